The molecule has 0 aliphatic rings. The summed E-state index contributed by atoms with van der Waals surface area (Å²) in [5.74, 6) is -0.852. The lowest BCUT2D eigenvalue weighted by atomic mass is 10.1. The highest BCUT2D eigenvalue weighted by Gasteiger charge is 2.18. The van der Waals surface area contributed by atoms with Crippen LogP contribution in [0, 0.1) is 11.6 Å². The van der Waals surface area contributed by atoms with Crippen LogP contribution >= 0.6 is 11.7 Å². The summed E-state index contributed by atoms with van der Waals surface area (Å²) < 4.78 is 34.9. The molecule has 16 heavy (non-hydrogen) atoms. The minimum absolute atomic E-state index is 0.132. The minimum atomic E-state index is -0.633. The smallest absolute Gasteiger partial charge is 0.168 e. The van der Waals surface area contributed by atoms with Crippen LogP contribution in [0.5, 0.6) is 0 Å². The van der Waals surface area contributed by atoms with E-state index in [1.54, 1.807) is 0 Å². The zero-order valence-electron chi connectivity index (χ0n) is 8.50. The number of benzene rings is 1. The van der Waals surface area contributed by atoms with Crippen molar-refractivity contribution in [3.8, 4) is 11.3 Å². The molecule has 0 bridgehead atoms. The summed E-state index contributed by atoms with van der Waals surface area (Å²) in [6.45, 7) is 2.50. The second kappa shape index (κ2) is 4.52. The number of hydrogen-bond acceptors (Lipinski definition) is 4. The fraction of sp³-hybridized carbons (Fsp3) is 0.200. The maximum atomic E-state index is 13.5. The van der Waals surface area contributed by atoms with Gasteiger partial charge >= 0.3 is 0 Å². The van der Waals surface area contributed by atoms with Crippen molar-refractivity contribution in [2.45, 2.75) is 6.92 Å². The van der Waals surface area contributed by atoms with E-state index < -0.39 is 11.6 Å². The molecule has 0 saturated carbocycles. The molecule has 1 aromatic carbocycles. The molecule has 0 fully saturated rings. The molecule has 0 unspecified atom stereocenters. The van der Waals surface area contributed by atoms with Crippen molar-refractivity contribution in [2.75, 3.05) is 11.9 Å². The van der Waals surface area contributed by atoms with Gasteiger partial charge in [-0.25, -0.2) is 8.78 Å². The van der Waals surface area contributed by atoms with Crippen LogP contribution in [0.3, 0.4) is 0 Å². The van der Waals surface area contributed by atoms with Crippen LogP contribution in [0.2, 0.25) is 0 Å². The first-order valence-corrected chi connectivity index (χ1v) is 5.48. The van der Waals surface area contributed by atoms with Gasteiger partial charge in [0, 0.05) is 6.54 Å². The quantitative estimate of drug-likeness (QED) is 0.897. The van der Waals surface area contributed by atoms with Crippen LogP contribution in [0.4, 0.5) is 14.6 Å². The third kappa shape index (κ3) is 1.88. The maximum Gasteiger partial charge on any atom is 0.168 e. The first-order valence-electron chi connectivity index (χ1n) is 4.75. The predicted octanol–water partition coefficient (Wildman–Crippen LogP) is 2.92. The van der Waals surface area contributed by atoms with Gasteiger partial charge in [-0.2, -0.15) is 8.75 Å². The number of hydrogen-bond donors (Lipinski definition) is 1. The summed E-state index contributed by atoms with van der Waals surface area (Å²) in [6.07, 6.45) is 0. The Morgan fingerprint density at radius 3 is 2.56 bits per heavy atom. The third-order valence-corrected chi connectivity index (χ3v) is 2.56. The highest BCUT2D eigenvalue weighted by atomic mass is 32.1. The van der Waals surface area contributed by atoms with Crippen molar-refractivity contribution in [1.82, 2.24) is 8.75 Å². The molecule has 0 aliphatic heterocycles. The molecule has 2 aromatic rings. The van der Waals surface area contributed by atoms with E-state index in [9.17, 15) is 8.78 Å². The molecule has 0 aliphatic carbocycles. The summed E-state index contributed by atoms with van der Waals surface area (Å²) in [5.41, 5.74) is 0.0923. The van der Waals surface area contributed by atoms with Gasteiger partial charge in [0.25, 0.3) is 0 Å². The number of aromatic nitrogens is 2. The van der Waals surface area contributed by atoms with Gasteiger partial charge in [0.2, 0.25) is 0 Å². The molecular weight excluding hydrogens is 232 g/mol. The molecule has 84 valence electrons. The number of anilines is 1. The summed E-state index contributed by atoms with van der Waals surface area (Å²) in [5, 5.41) is 2.91. The maximum absolute atomic E-state index is 13.5. The summed E-state index contributed by atoms with van der Waals surface area (Å²) >= 11 is 0.923. The molecule has 1 aromatic heterocycles. The van der Waals surface area contributed by atoms with Crippen molar-refractivity contribution in [2.24, 2.45) is 0 Å². The Balaban J connectivity index is 2.54. The summed E-state index contributed by atoms with van der Waals surface area (Å²) in [7, 11) is 0. The Bertz CT molecular complexity index is 478. The Labute approximate surface area is 95.5 Å². The Hall–Kier alpha value is -1.56. The average Bonchev–Trinajstić information content (AvgIpc) is 2.67. The first-order chi connectivity index (χ1) is 7.74. The van der Waals surface area contributed by atoms with E-state index in [-0.39, 0.29) is 11.3 Å². The van der Waals surface area contributed by atoms with Gasteiger partial charge in [-0.05, 0) is 19.1 Å². The normalized spacial score (nSPS) is 10.4. The zero-order valence-corrected chi connectivity index (χ0v) is 9.31. The summed E-state index contributed by atoms with van der Waals surface area (Å²) in [4.78, 5) is 0. The van der Waals surface area contributed by atoms with E-state index in [1.807, 2.05) is 6.92 Å². The van der Waals surface area contributed by atoms with E-state index in [0.29, 0.717) is 12.4 Å². The van der Waals surface area contributed by atoms with Crippen LogP contribution < -0.4 is 5.32 Å². The molecule has 0 amide bonds. The molecule has 0 atom stereocenters. The third-order valence-electron chi connectivity index (χ3n) is 2.03. The lowest BCUT2D eigenvalue weighted by Gasteiger charge is -2.04. The van der Waals surface area contributed by atoms with Crippen molar-refractivity contribution in [3.63, 3.8) is 0 Å². The number of halogens is 2. The van der Waals surface area contributed by atoms with E-state index in [0.717, 1.165) is 11.7 Å². The largest absolute Gasteiger partial charge is 0.368 e. The fourth-order valence-corrected chi connectivity index (χ4v) is 1.89. The van der Waals surface area contributed by atoms with Gasteiger partial charge in [-0.15, -0.1) is 0 Å². The molecule has 1 N–H and O–H groups in total. The Morgan fingerprint density at radius 2 is 1.94 bits per heavy atom. The number of nitrogens with zero attached hydrogens (tertiary/aromatic N) is 2. The second-order valence-electron chi connectivity index (χ2n) is 3.09. The number of rotatable bonds is 3. The van der Waals surface area contributed by atoms with Crippen LogP contribution in [0.15, 0.2) is 18.2 Å². The molecule has 1 heterocycles. The lowest BCUT2D eigenvalue weighted by molar-refractivity contribution is 0.589. The van der Waals surface area contributed by atoms with Crippen molar-refractivity contribution in [3.05, 3.63) is 29.8 Å². The minimum Gasteiger partial charge on any atom is -0.368 e. The zero-order chi connectivity index (χ0) is 11.5. The van der Waals surface area contributed by atoms with Crippen LogP contribution in [0.25, 0.3) is 11.3 Å². The standard InChI is InChI=1S/C10H9F2N3S/c1-2-13-10-9(14-16-15-10)8-6(11)4-3-5-7(8)12/h3-5H,2H2,1H3,(H,13,15). The Kier molecular flexibility index (Phi) is 3.09. The Morgan fingerprint density at radius 1 is 1.25 bits per heavy atom. The van der Waals surface area contributed by atoms with E-state index >= 15 is 0 Å². The van der Waals surface area contributed by atoms with Crippen LogP contribution in [-0.2, 0) is 0 Å². The van der Waals surface area contributed by atoms with E-state index in [1.165, 1.54) is 18.2 Å². The van der Waals surface area contributed by atoms with Gasteiger partial charge in [0.1, 0.15) is 17.3 Å². The molecule has 0 spiro atoms. The van der Waals surface area contributed by atoms with Gasteiger partial charge < -0.3 is 5.32 Å². The van der Waals surface area contributed by atoms with E-state index in [2.05, 4.69) is 14.1 Å². The molecule has 0 saturated heterocycles. The van der Waals surface area contributed by atoms with E-state index in [4.69, 9.17) is 0 Å². The summed E-state index contributed by atoms with van der Waals surface area (Å²) in [6, 6.07) is 3.72. The van der Waals surface area contributed by atoms with Crippen molar-refractivity contribution in [1.29, 1.82) is 0 Å². The molecule has 6 heteroatoms. The molecule has 3 nitrogen and oxygen atoms in total. The highest BCUT2D eigenvalue weighted by molar-refractivity contribution is 6.99. The molecule has 2 rings (SSSR count). The van der Waals surface area contributed by atoms with Crippen molar-refractivity contribution < 1.29 is 8.78 Å². The highest BCUT2D eigenvalue weighted by Crippen LogP contribution is 2.30. The second-order valence-corrected chi connectivity index (χ2v) is 3.62. The number of nitrogens with one attached hydrogen (secondary N) is 1. The average molecular weight is 241 g/mol. The van der Waals surface area contributed by atoms with Gasteiger partial charge in [-0.3, -0.25) is 0 Å². The first kappa shape index (κ1) is 10.9. The van der Waals surface area contributed by atoms with Gasteiger partial charge in [0.15, 0.2) is 5.82 Å². The molecular formula is C10H9F2N3S. The topological polar surface area (TPSA) is 37.8 Å². The van der Waals surface area contributed by atoms with Gasteiger partial charge in [-0.1, -0.05) is 6.07 Å². The predicted molar refractivity (Wildman–Crippen MR) is 59.4 cm³/mol. The van der Waals surface area contributed by atoms with Crippen LogP contribution in [0.1, 0.15) is 6.92 Å². The molecule has 0 radical (unpaired) electrons. The SMILES string of the molecule is CCNc1nsnc1-c1c(F)cccc1F. The van der Waals surface area contributed by atoms with Gasteiger partial charge in [0.05, 0.1) is 17.3 Å². The van der Waals surface area contributed by atoms with Crippen LogP contribution in [-0.4, -0.2) is 15.3 Å². The fourth-order valence-electron chi connectivity index (χ4n) is 1.36. The van der Waals surface area contributed by atoms with Crippen molar-refractivity contribution >= 4 is 17.5 Å². The monoisotopic (exact) mass is 241 g/mol. The lowest BCUT2D eigenvalue weighted by Crippen LogP contribution is -2.00.